The van der Waals surface area contributed by atoms with E-state index < -0.39 is 12.0 Å². The third-order valence-corrected chi connectivity index (χ3v) is 5.53. The maximum atomic E-state index is 11.9. The summed E-state index contributed by atoms with van der Waals surface area (Å²) < 4.78 is 20.6. The molecular formula is C18H31N4O3S2+. The van der Waals surface area contributed by atoms with Crippen LogP contribution in [0.4, 0.5) is 0 Å². The van der Waals surface area contributed by atoms with Crippen LogP contribution in [0.5, 0.6) is 5.88 Å². The Morgan fingerprint density at radius 1 is 1.41 bits per heavy atom. The van der Waals surface area contributed by atoms with Gasteiger partial charge in [-0.3, -0.25) is 9.28 Å². The number of hydrogen-bond donors (Lipinski definition) is 2. The molecule has 2 N–H and O–H groups in total. The van der Waals surface area contributed by atoms with Crippen LogP contribution in [0.1, 0.15) is 44.7 Å². The van der Waals surface area contributed by atoms with Crippen LogP contribution in [0.25, 0.3) is 5.57 Å². The van der Waals surface area contributed by atoms with Crippen LogP contribution in [0, 0.1) is 0 Å². The number of carbonyl (C=O) groups excluding carboxylic acids is 1. The number of aromatic nitrogens is 2. The van der Waals surface area contributed by atoms with Gasteiger partial charge < -0.3 is 15.2 Å². The summed E-state index contributed by atoms with van der Waals surface area (Å²) in [6, 6.07) is -0.685. The molecule has 0 spiro atoms. The van der Waals surface area contributed by atoms with Gasteiger partial charge in [0.25, 0.3) is 5.88 Å². The highest BCUT2D eigenvalue weighted by molar-refractivity contribution is 7.80. The summed E-state index contributed by atoms with van der Waals surface area (Å²) in [5.74, 6) is 0.481. The number of carbonyl (C=O) groups is 1. The van der Waals surface area contributed by atoms with E-state index in [2.05, 4.69) is 41.4 Å². The number of esters is 1. The number of hydrogen-bond acceptors (Lipinski definition) is 8. The van der Waals surface area contributed by atoms with E-state index in [0.29, 0.717) is 23.5 Å². The van der Waals surface area contributed by atoms with Crippen molar-refractivity contribution in [2.45, 2.75) is 45.1 Å². The molecule has 0 amide bonds. The second-order valence-electron chi connectivity index (χ2n) is 7.23. The Kier molecular flexibility index (Phi) is 9.01. The molecule has 2 atom stereocenters. The second-order valence-corrected chi connectivity index (χ2v) is 8.12. The lowest BCUT2D eigenvalue weighted by molar-refractivity contribution is -0.919. The highest BCUT2D eigenvalue weighted by Gasteiger charge is 2.31. The molecule has 0 bridgehead atoms. The lowest BCUT2D eigenvalue weighted by atomic mass is 10.1. The molecule has 1 aliphatic heterocycles. The molecule has 0 saturated heterocycles. The molecule has 0 saturated carbocycles. The van der Waals surface area contributed by atoms with Crippen LogP contribution < -0.4 is 10.5 Å². The first-order valence-electron chi connectivity index (χ1n) is 9.50. The fourth-order valence-corrected chi connectivity index (χ4v) is 3.64. The molecule has 27 heavy (non-hydrogen) atoms. The number of likely N-dealkylation sites (N-methyl/N-ethyl adjacent to an activating group) is 1. The number of nitrogens with zero attached hydrogens (tertiary/aromatic N) is 3. The zero-order valence-electron chi connectivity index (χ0n) is 16.2. The molecule has 7 nitrogen and oxygen atoms in total. The smallest absolute Gasteiger partial charge is 0.328 e. The quantitative estimate of drug-likeness (QED) is 0.250. The fourth-order valence-electron chi connectivity index (χ4n) is 2.96. The van der Waals surface area contributed by atoms with Gasteiger partial charge in [0.05, 0.1) is 31.9 Å². The van der Waals surface area contributed by atoms with Gasteiger partial charge >= 0.3 is 5.97 Å². The molecule has 1 aromatic heterocycles. The normalized spacial score (nSPS) is 20.8. The molecule has 1 unspecified atom stereocenters. The highest BCUT2D eigenvalue weighted by atomic mass is 32.1. The van der Waals surface area contributed by atoms with Crippen molar-refractivity contribution in [2.24, 2.45) is 5.73 Å². The van der Waals surface area contributed by atoms with Crippen molar-refractivity contribution >= 4 is 35.9 Å². The molecule has 2 rings (SSSR count). The monoisotopic (exact) mass is 415 g/mol. The van der Waals surface area contributed by atoms with Gasteiger partial charge in [0, 0.05) is 17.7 Å². The average molecular weight is 416 g/mol. The van der Waals surface area contributed by atoms with Gasteiger partial charge in [0.1, 0.15) is 18.3 Å². The standard InChI is InChI=1S/C18H30N4O3S2/c1-3-4-5-6-10-24-17-16(20-27-21-17)14-8-7-9-22(2,11-14)13-25-18(23)15(19)12-26/h8,15H,3-7,9-13,19H2,1-2H3/p+1/t15-,22?/m0/s1. The Morgan fingerprint density at radius 2 is 2.22 bits per heavy atom. The van der Waals surface area contributed by atoms with Crippen molar-refractivity contribution in [3.8, 4) is 5.88 Å². The van der Waals surface area contributed by atoms with Gasteiger partial charge in [-0.15, -0.1) is 4.37 Å². The molecule has 0 aromatic carbocycles. The van der Waals surface area contributed by atoms with E-state index in [1.807, 2.05) is 0 Å². The first kappa shape index (κ1) is 22.1. The van der Waals surface area contributed by atoms with Crippen LogP contribution in [0.15, 0.2) is 6.08 Å². The van der Waals surface area contributed by atoms with Crippen molar-refractivity contribution in [2.75, 3.05) is 39.2 Å². The van der Waals surface area contributed by atoms with Crippen LogP contribution in [-0.4, -0.2) is 64.5 Å². The minimum Gasteiger partial charge on any atom is -0.475 e. The molecule has 1 aromatic rings. The molecule has 0 aliphatic carbocycles. The first-order valence-corrected chi connectivity index (χ1v) is 10.9. The van der Waals surface area contributed by atoms with Crippen LogP contribution >= 0.6 is 24.4 Å². The van der Waals surface area contributed by atoms with Gasteiger partial charge in [0.2, 0.25) is 6.73 Å². The third-order valence-electron chi connectivity index (χ3n) is 4.63. The number of rotatable bonds is 11. The summed E-state index contributed by atoms with van der Waals surface area (Å²) in [5, 5.41) is 0. The lowest BCUT2D eigenvalue weighted by Gasteiger charge is -2.36. The number of thiol groups is 1. The predicted octanol–water partition coefficient (Wildman–Crippen LogP) is 2.49. The average Bonchev–Trinajstić information content (AvgIpc) is 3.14. The molecule has 0 radical (unpaired) electrons. The molecular weight excluding hydrogens is 384 g/mol. The molecule has 0 fully saturated rings. The molecule has 1 aliphatic rings. The van der Waals surface area contributed by atoms with E-state index in [1.165, 1.54) is 31.0 Å². The predicted molar refractivity (Wildman–Crippen MR) is 111 cm³/mol. The highest BCUT2D eigenvalue weighted by Crippen LogP contribution is 2.30. The van der Waals surface area contributed by atoms with E-state index in [0.717, 1.165) is 30.7 Å². The summed E-state index contributed by atoms with van der Waals surface area (Å²) in [6.45, 7) is 4.73. The van der Waals surface area contributed by atoms with Gasteiger partial charge in [-0.2, -0.15) is 17.0 Å². The first-order chi connectivity index (χ1) is 13.0. The van der Waals surface area contributed by atoms with Crippen LogP contribution in [0.3, 0.4) is 0 Å². The van der Waals surface area contributed by atoms with E-state index in [-0.39, 0.29) is 12.5 Å². The van der Waals surface area contributed by atoms with Gasteiger partial charge in [-0.25, -0.2) is 0 Å². The van der Waals surface area contributed by atoms with E-state index in [1.54, 1.807) is 0 Å². The fraction of sp³-hybridized carbons (Fsp3) is 0.722. The van der Waals surface area contributed by atoms with Crippen molar-refractivity contribution in [3.05, 3.63) is 11.8 Å². The topological polar surface area (TPSA) is 87.3 Å². The second kappa shape index (κ2) is 11.0. The largest absolute Gasteiger partial charge is 0.475 e. The molecule has 9 heteroatoms. The van der Waals surface area contributed by atoms with Gasteiger partial charge in [-0.1, -0.05) is 32.3 Å². The molecule has 2 heterocycles. The third kappa shape index (κ3) is 6.74. The Morgan fingerprint density at radius 3 is 2.96 bits per heavy atom. The molecule has 152 valence electrons. The summed E-state index contributed by atoms with van der Waals surface area (Å²) in [5.41, 5.74) is 7.58. The summed E-state index contributed by atoms with van der Waals surface area (Å²) in [7, 11) is 2.07. The van der Waals surface area contributed by atoms with Crippen molar-refractivity contribution in [3.63, 3.8) is 0 Å². The van der Waals surface area contributed by atoms with E-state index in [9.17, 15) is 4.79 Å². The lowest BCUT2D eigenvalue weighted by Crippen LogP contribution is -2.50. The number of quaternary nitrogens is 1. The summed E-state index contributed by atoms with van der Waals surface area (Å²) in [4.78, 5) is 11.9. The number of nitrogens with two attached hydrogens (primary N) is 1. The maximum Gasteiger partial charge on any atom is 0.328 e. The van der Waals surface area contributed by atoms with Crippen LogP contribution in [0.2, 0.25) is 0 Å². The Bertz CT molecular complexity index is 638. The number of ether oxygens (including phenoxy) is 2. The SMILES string of the molecule is CCCCCCOc1nsnc1C1=CCC[N+](C)(COC(=O)[C@@H](N)CS)C1. The van der Waals surface area contributed by atoms with Gasteiger partial charge in [0.15, 0.2) is 0 Å². The minimum absolute atomic E-state index is 0.275. The Hall–Kier alpha value is -1.16. The minimum atomic E-state index is -0.685. The van der Waals surface area contributed by atoms with E-state index in [4.69, 9.17) is 15.2 Å². The summed E-state index contributed by atoms with van der Waals surface area (Å²) >= 11 is 5.21. The number of unbranched alkanes of at least 4 members (excludes halogenated alkanes) is 3. The maximum absolute atomic E-state index is 11.9. The summed E-state index contributed by atoms with van der Waals surface area (Å²) in [6.07, 6.45) is 7.69. The van der Waals surface area contributed by atoms with Gasteiger partial charge in [-0.05, 0) is 6.42 Å². The zero-order chi connectivity index (χ0) is 19.7. The Balaban J connectivity index is 1.93. The van der Waals surface area contributed by atoms with Crippen LogP contribution in [-0.2, 0) is 9.53 Å². The van der Waals surface area contributed by atoms with E-state index >= 15 is 0 Å². The zero-order valence-corrected chi connectivity index (χ0v) is 17.9. The van der Waals surface area contributed by atoms with Crippen molar-refractivity contribution in [1.82, 2.24) is 8.75 Å². The Labute approximate surface area is 171 Å². The van der Waals surface area contributed by atoms with Crippen molar-refractivity contribution in [1.29, 1.82) is 0 Å². The van der Waals surface area contributed by atoms with Crippen molar-refractivity contribution < 1.29 is 18.8 Å².